The standard InChI is InChI=1S/C14H21N5/c1-5-6-17-14(12-7-15-9-16-8-12)13-10(2)18-19(4)11(13)3/h7-9,14,17H,5-6H2,1-4H3. The van der Waals surface area contributed by atoms with Crippen molar-refractivity contribution in [2.75, 3.05) is 6.54 Å². The molecule has 0 saturated heterocycles. The topological polar surface area (TPSA) is 55.6 Å². The molecule has 0 amide bonds. The van der Waals surface area contributed by atoms with Gasteiger partial charge < -0.3 is 5.32 Å². The molecule has 0 aliphatic carbocycles. The summed E-state index contributed by atoms with van der Waals surface area (Å²) in [6, 6.07) is 0.106. The van der Waals surface area contributed by atoms with E-state index in [4.69, 9.17) is 0 Å². The van der Waals surface area contributed by atoms with Crippen molar-refractivity contribution < 1.29 is 0 Å². The highest BCUT2D eigenvalue weighted by Gasteiger charge is 2.21. The van der Waals surface area contributed by atoms with Gasteiger partial charge in [-0.25, -0.2) is 9.97 Å². The van der Waals surface area contributed by atoms with Gasteiger partial charge in [0.1, 0.15) is 6.33 Å². The largest absolute Gasteiger partial charge is 0.306 e. The molecule has 0 spiro atoms. The molecule has 0 aromatic carbocycles. The Morgan fingerprint density at radius 3 is 2.47 bits per heavy atom. The molecule has 2 aromatic heterocycles. The molecule has 0 radical (unpaired) electrons. The fourth-order valence-corrected chi connectivity index (χ4v) is 2.34. The number of hydrogen-bond donors (Lipinski definition) is 1. The van der Waals surface area contributed by atoms with Crippen LogP contribution in [0.2, 0.25) is 0 Å². The molecular formula is C14H21N5. The summed E-state index contributed by atoms with van der Waals surface area (Å²) >= 11 is 0. The van der Waals surface area contributed by atoms with E-state index >= 15 is 0 Å². The van der Waals surface area contributed by atoms with Crippen LogP contribution < -0.4 is 5.32 Å². The van der Waals surface area contributed by atoms with Gasteiger partial charge in [0.15, 0.2) is 0 Å². The molecule has 2 heterocycles. The van der Waals surface area contributed by atoms with Crippen LogP contribution in [0, 0.1) is 13.8 Å². The van der Waals surface area contributed by atoms with Gasteiger partial charge in [-0.15, -0.1) is 0 Å². The van der Waals surface area contributed by atoms with Crippen LogP contribution in [-0.4, -0.2) is 26.3 Å². The SMILES string of the molecule is CCCNC(c1cncnc1)c1c(C)nn(C)c1C. The molecule has 2 aromatic rings. The van der Waals surface area contributed by atoms with Crippen molar-refractivity contribution in [1.82, 2.24) is 25.1 Å². The third-order valence-electron chi connectivity index (χ3n) is 3.37. The van der Waals surface area contributed by atoms with Gasteiger partial charge in [-0.1, -0.05) is 6.92 Å². The minimum Gasteiger partial charge on any atom is -0.306 e. The van der Waals surface area contributed by atoms with Crippen molar-refractivity contribution in [2.24, 2.45) is 7.05 Å². The Hall–Kier alpha value is -1.75. The van der Waals surface area contributed by atoms with E-state index in [-0.39, 0.29) is 6.04 Å². The van der Waals surface area contributed by atoms with Crippen LogP contribution in [0.5, 0.6) is 0 Å². The summed E-state index contributed by atoms with van der Waals surface area (Å²) in [4.78, 5) is 8.25. The second-order valence-electron chi connectivity index (χ2n) is 4.77. The van der Waals surface area contributed by atoms with Gasteiger partial charge >= 0.3 is 0 Å². The molecule has 1 unspecified atom stereocenters. The van der Waals surface area contributed by atoms with E-state index in [1.807, 2.05) is 31.0 Å². The fraction of sp³-hybridized carbons (Fsp3) is 0.500. The lowest BCUT2D eigenvalue weighted by molar-refractivity contribution is 0.589. The van der Waals surface area contributed by atoms with Crippen LogP contribution in [0.3, 0.4) is 0 Å². The maximum atomic E-state index is 4.50. The number of nitrogens with zero attached hydrogens (tertiary/aromatic N) is 4. The van der Waals surface area contributed by atoms with E-state index in [9.17, 15) is 0 Å². The summed E-state index contributed by atoms with van der Waals surface area (Å²) in [5, 5.41) is 8.06. The predicted molar refractivity (Wildman–Crippen MR) is 74.9 cm³/mol. The molecule has 0 saturated carbocycles. The Balaban J connectivity index is 2.43. The lowest BCUT2D eigenvalue weighted by Gasteiger charge is -2.19. The quantitative estimate of drug-likeness (QED) is 0.891. The lowest BCUT2D eigenvalue weighted by atomic mass is 9.99. The van der Waals surface area contributed by atoms with E-state index in [1.54, 1.807) is 6.33 Å². The van der Waals surface area contributed by atoms with Crippen LogP contribution in [-0.2, 0) is 7.05 Å². The molecule has 19 heavy (non-hydrogen) atoms. The number of rotatable bonds is 5. The highest BCUT2D eigenvalue weighted by Crippen LogP contribution is 2.26. The number of hydrogen-bond acceptors (Lipinski definition) is 4. The minimum absolute atomic E-state index is 0.106. The van der Waals surface area contributed by atoms with Crippen LogP contribution in [0.15, 0.2) is 18.7 Å². The highest BCUT2D eigenvalue weighted by molar-refractivity contribution is 5.35. The zero-order valence-corrected chi connectivity index (χ0v) is 12.0. The smallest absolute Gasteiger partial charge is 0.115 e. The van der Waals surface area contributed by atoms with Crippen molar-refractivity contribution in [3.8, 4) is 0 Å². The van der Waals surface area contributed by atoms with Crippen LogP contribution in [0.4, 0.5) is 0 Å². The minimum atomic E-state index is 0.106. The van der Waals surface area contributed by atoms with Gasteiger partial charge in [0, 0.05) is 36.3 Å². The number of aryl methyl sites for hydroxylation is 2. The molecule has 1 N–H and O–H groups in total. The Kier molecular flexibility index (Phi) is 4.27. The molecule has 5 nitrogen and oxygen atoms in total. The van der Waals surface area contributed by atoms with Gasteiger partial charge in [-0.3, -0.25) is 4.68 Å². The van der Waals surface area contributed by atoms with Gasteiger partial charge in [-0.2, -0.15) is 5.10 Å². The molecule has 102 valence electrons. The summed E-state index contributed by atoms with van der Waals surface area (Å²) in [6.07, 6.45) is 6.38. The van der Waals surface area contributed by atoms with E-state index in [0.717, 1.165) is 24.2 Å². The number of aromatic nitrogens is 4. The second-order valence-corrected chi connectivity index (χ2v) is 4.77. The van der Waals surface area contributed by atoms with Crippen molar-refractivity contribution in [1.29, 1.82) is 0 Å². The van der Waals surface area contributed by atoms with Gasteiger partial charge in [0.25, 0.3) is 0 Å². The normalized spacial score (nSPS) is 12.6. The molecule has 0 fully saturated rings. The van der Waals surface area contributed by atoms with E-state index in [1.165, 1.54) is 11.3 Å². The van der Waals surface area contributed by atoms with Crippen molar-refractivity contribution >= 4 is 0 Å². The molecule has 2 rings (SSSR count). The van der Waals surface area contributed by atoms with Gasteiger partial charge in [0.2, 0.25) is 0 Å². The Morgan fingerprint density at radius 1 is 1.26 bits per heavy atom. The first kappa shape index (κ1) is 13.7. The molecule has 5 heteroatoms. The Labute approximate surface area is 114 Å². The van der Waals surface area contributed by atoms with Crippen LogP contribution >= 0.6 is 0 Å². The second kappa shape index (κ2) is 5.93. The Bertz CT molecular complexity index is 532. The lowest BCUT2D eigenvalue weighted by Crippen LogP contribution is -2.24. The first-order valence-electron chi connectivity index (χ1n) is 6.63. The summed E-state index contributed by atoms with van der Waals surface area (Å²) in [7, 11) is 1.98. The molecule has 0 bridgehead atoms. The van der Waals surface area contributed by atoms with Gasteiger partial charge in [0.05, 0.1) is 11.7 Å². The van der Waals surface area contributed by atoms with Gasteiger partial charge in [-0.05, 0) is 26.8 Å². The van der Waals surface area contributed by atoms with Crippen molar-refractivity contribution in [3.63, 3.8) is 0 Å². The molecule has 0 aliphatic heterocycles. The average Bonchev–Trinajstić information content (AvgIpc) is 2.67. The predicted octanol–water partition coefficient (Wildman–Crippen LogP) is 1.92. The third-order valence-corrected chi connectivity index (χ3v) is 3.37. The zero-order valence-electron chi connectivity index (χ0n) is 12.0. The Morgan fingerprint density at radius 2 is 1.95 bits per heavy atom. The first-order valence-corrected chi connectivity index (χ1v) is 6.63. The van der Waals surface area contributed by atoms with Crippen molar-refractivity contribution in [3.05, 3.63) is 41.2 Å². The monoisotopic (exact) mass is 259 g/mol. The fourth-order valence-electron chi connectivity index (χ4n) is 2.34. The molecular weight excluding hydrogens is 238 g/mol. The molecule has 1 atom stereocenters. The number of nitrogens with one attached hydrogen (secondary N) is 1. The van der Waals surface area contributed by atoms with E-state index in [0.29, 0.717) is 0 Å². The average molecular weight is 259 g/mol. The molecule has 0 aliphatic rings. The van der Waals surface area contributed by atoms with Crippen LogP contribution in [0.1, 0.15) is 41.9 Å². The van der Waals surface area contributed by atoms with E-state index in [2.05, 4.69) is 34.2 Å². The highest BCUT2D eigenvalue weighted by atomic mass is 15.3. The van der Waals surface area contributed by atoms with Crippen LogP contribution in [0.25, 0.3) is 0 Å². The first-order chi connectivity index (χ1) is 9.15. The van der Waals surface area contributed by atoms with E-state index < -0.39 is 0 Å². The third kappa shape index (κ3) is 2.81. The van der Waals surface area contributed by atoms with Crippen molar-refractivity contribution in [2.45, 2.75) is 33.2 Å². The summed E-state index contributed by atoms with van der Waals surface area (Å²) < 4.78 is 1.93. The zero-order chi connectivity index (χ0) is 13.8. The maximum absolute atomic E-state index is 4.50. The summed E-state index contributed by atoms with van der Waals surface area (Å²) in [5.41, 5.74) is 4.54. The summed E-state index contributed by atoms with van der Waals surface area (Å²) in [5.74, 6) is 0. The maximum Gasteiger partial charge on any atom is 0.115 e. The summed E-state index contributed by atoms with van der Waals surface area (Å²) in [6.45, 7) is 7.26.